The molecule has 35 heavy (non-hydrogen) atoms. The first-order chi connectivity index (χ1) is 16.9. The van der Waals surface area contributed by atoms with Crippen LogP contribution in [0.3, 0.4) is 0 Å². The molecule has 2 aromatic carbocycles. The molecule has 0 fully saturated rings. The number of hydrogen-bond acceptors (Lipinski definition) is 8. The standard InChI is InChI=1S/C25H28N4O6/c1-4-15-35-20-13-11-18(12-14-20)16-21(26-23(30)19-9-7-6-8-10-19)24(31)28-27-17(3)22(29-33)25(32)34-5-2/h6-14,16,33H,4-5,15H2,1-3H3,(H,26,30)(H,28,31)/b21-16-,27-17+,29-22+. The van der Waals surface area contributed by atoms with Crippen LogP contribution in [0.1, 0.15) is 43.1 Å². The van der Waals surface area contributed by atoms with E-state index < -0.39 is 23.5 Å². The van der Waals surface area contributed by atoms with Gasteiger partial charge in [0.05, 0.1) is 18.9 Å². The quantitative estimate of drug-likeness (QED) is 0.148. The van der Waals surface area contributed by atoms with Crippen molar-refractivity contribution in [1.29, 1.82) is 0 Å². The number of carbonyl (C=O) groups is 3. The molecule has 3 N–H and O–H groups in total. The highest BCUT2D eigenvalue weighted by Crippen LogP contribution is 2.15. The van der Waals surface area contributed by atoms with E-state index in [-0.39, 0.29) is 18.0 Å². The lowest BCUT2D eigenvalue weighted by molar-refractivity contribution is -0.135. The van der Waals surface area contributed by atoms with Crippen LogP contribution < -0.4 is 15.5 Å². The van der Waals surface area contributed by atoms with E-state index in [2.05, 4.69) is 21.0 Å². The molecule has 10 heteroatoms. The van der Waals surface area contributed by atoms with Crippen molar-refractivity contribution in [2.75, 3.05) is 13.2 Å². The molecule has 0 saturated carbocycles. The van der Waals surface area contributed by atoms with Gasteiger partial charge in [-0.1, -0.05) is 42.4 Å². The zero-order valence-corrected chi connectivity index (χ0v) is 19.8. The van der Waals surface area contributed by atoms with Crippen molar-refractivity contribution in [3.8, 4) is 5.75 Å². The van der Waals surface area contributed by atoms with Crippen molar-refractivity contribution in [3.05, 3.63) is 71.4 Å². The number of hydrazone groups is 1. The van der Waals surface area contributed by atoms with E-state index >= 15 is 0 Å². The lowest BCUT2D eigenvalue weighted by atomic mass is 10.1. The Labute approximate surface area is 203 Å². The van der Waals surface area contributed by atoms with E-state index in [0.717, 1.165) is 6.42 Å². The third-order valence-corrected chi connectivity index (χ3v) is 4.43. The smallest absolute Gasteiger partial charge is 0.362 e. The SMILES string of the molecule is CCCOc1ccc(/C=C(\NC(=O)c2ccccc2)C(=O)N/N=C(C)/C(=N\O)C(=O)OCC)cc1. The van der Waals surface area contributed by atoms with Crippen molar-refractivity contribution in [2.45, 2.75) is 27.2 Å². The van der Waals surface area contributed by atoms with Crippen LogP contribution in [0.25, 0.3) is 6.08 Å². The third-order valence-electron chi connectivity index (χ3n) is 4.43. The number of ether oxygens (including phenoxy) is 2. The first kappa shape index (κ1) is 26.8. The number of rotatable bonds is 11. The van der Waals surface area contributed by atoms with Gasteiger partial charge in [-0.2, -0.15) is 5.10 Å². The first-order valence-corrected chi connectivity index (χ1v) is 10.9. The van der Waals surface area contributed by atoms with Gasteiger partial charge < -0.3 is 20.0 Å². The number of oxime groups is 1. The van der Waals surface area contributed by atoms with E-state index in [4.69, 9.17) is 14.7 Å². The van der Waals surface area contributed by atoms with Crippen LogP contribution in [0.4, 0.5) is 0 Å². The van der Waals surface area contributed by atoms with Gasteiger partial charge in [0.2, 0.25) is 5.71 Å². The van der Waals surface area contributed by atoms with Crippen LogP contribution >= 0.6 is 0 Å². The molecule has 0 atom stereocenters. The Balaban J connectivity index is 2.28. The lowest BCUT2D eigenvalue weighted by Gasteiger charge is -2.10. The highest BCUT2D eigenvalue weighted by atomic mass is 16.5. The van der Waals surface area contributed by atoms with E-state index in [1.807, 2.05) is 6.92 Å². The van der Waals surface area contributed by atoms with Crippen molar-refractivity contribution in [3.63, 3.8) is 0 Å². The average molecular weight is 481 g/mol. The molecule has 0 aliphatic carbocycles. The number of carbonyl (C=O) groups excluding carboxylic acids is 3. The maximum atomic E-state index is 12.9. The number of nitrogens with zero attached hydrogens (tertiary/aromatic N) is 2. The van der Waals surface area contributed by atoms with E-state index in [1.54, 1.807) is 61.5 Å². The molecule has 0 aliphatic rings. The molecule has 10 nitrogen and oxygen atoms in total. The summed E-state index contributed by atoms with van der Waals surface area (Å²) in [5, 5.41) is 18.4. The fourth-order valence-electron chi connectivity index (χ4n) is 2.70. The normalized spacial score (nSPS) is 12.0. The van der Waals surface area contributed by atoms with Gasteiger partial charge >= 0.3 is 5.97 Å². The van der Waals surface area contributed by atoms with E-state index in [0.29, 0.717) is 23.5 Å². The zero-order valence-electron chi connectivity index (χ0n) is 19.8. The highest BCUT2D eigenvalue weighted by molar-refractivity contribution is 6.65. The molecule has 2 amide bonds. The number of hydrogen-bond donors (Lipinski definition) is 3. The number of nitrogens with one attached hydrogen (secondary N) is 2. The van der Waals surface area contributed by atoms with Gasteiger partial charge in [-0.25, -0.2) is 10.2 Å². The molecule has 0 aliphatic heterocycles. The summed E-state index contributed by atoms with van der Waals surface area (Å²) in [6.07, 6.45) is 2.34. The van der Waals surface area contributed by atoms with Gasteiger partial charge in [-0.3, -0.25) is 9.59 Å². The second-order valence-electron chi connectivity index (χ2n) is 7.10. The second-order valence-corrected chi connectivity index (χ2v) is 7.10. The van der Waals surface area contributed by atoms with Crippen LogP contribution in [-0.4, -0.2) is 47.6 Å². The molecule has 0 aromatic heterocycles. The highest BCUT2D eigenvalue weighted by Gasteiger charge is 2.19. The Morgan fingerprint density at radius 2 is 1.71 bits per heavy atom. The van der Waals surface area contributed by atoms with Crippen molar-refractivity contribution in [2.24, 2.45) is 10.3 Å². The Morgan fingerprint density at radius 1 is 1.03 bits per heavy atom. The van der Waals surface area contributed by atoms with Crippen LogP contribution in [0.15, 0.2) is 70.6 Å². The van der Waals surface area contributed by atoms with Gasteiger partial charge in [0.1, 0.15) is 11.4 Å². The van der Waals surface area contributed by atoms with Crippen molar-refractivity contribution >= 4 is 35.3 Å². The van der Waals surface area contributed by atoms with Gasteiger partial charge in [-0.15, -0.1) is 0 Å². The topological polar surface area (TPSA) is 139 Å². The predicted octanol–water partition coefficient (Wildman–Crippen LogP) is 3.13. The molecular formula is C25H28N4O6. The Bertz CT molecular complexity index is 1110. The summed E-state index contributed by atoms with van der Waals surface area (Å²) in [5.74, 6) is -1.48. The Kier molecular flexibility index (Phi) is 10.7. The fraction of sp³-hybridized carbons (Fsp3) is 0.240. The molecule has 0 bridgehead atoms. The van der Waals surface area contributed by atoms with Crippen molar-refractivity contribution in [1.82, 2.24) is 10.7 Å². The zero-order chi connectivity index (χ0) is 25.6. The number of benzene rings is 2. The Morgan fingerprint density at radius 3 is 2.31 bits per heavy atom. The van der Waals surface area contributed by atoms with Crippen LogP contribution in [-0.2, 0) is 14.3 Å². The molecule has 2 aromatic rings. The minimum Gasteiger partial charge on any atom is -0.494 e. The Hall–Kier alpha value is -4.47. The van der Waals surface area contributed by atoms with Crippen molar-refractivity contribution < 1.29 is 29.1 Å². The van der Waals surface area contributed by atoms with Crippen LogP contribution in [0, 0.1) is 0 Å². The number of esters is 1. The molecule has 0 spiro atoms. The fourth-order valence-corrected chi connectivity index (χ4v) is 2.70. The third kappa shape index (κ3) is 8.43. The molecule has 184 valence electrons. The largest absolute Gasteiger partial charge is 0.494 e. The summed E-state index contributed by atoms with van der Waals surface area (Å²) in [5.41, 5.74) is 2.57. The molecule has 0 saturated heterocycles. The molecular weight excluding hydrogens is 452 g/mol. The van der Waals surface area contributed by atoms with E-state index in [1.165, 1.54) is 13.0 Å². The van der Waals surface area contributed by atoms with E-state index in [9.17, 15) is 14.4 Å². The van der Waals surface area contributed by atoms with Gasteiger partial charge in [-0.05, 0) is 56.2 Å². The minimum absolute atomic E-state index is 0.0676. The molecule has 0 unspecified atom stereocenters. The average Bonchev–Trinajstić information content (AvgIpc) is 2.87. The number of amides is 2. The predicted molar refractivity (Wildman–Crippen MR) is 131 cm³/mol. The summed E-state index contributed by atoms with van der Waals surface area (Å²) in [6, 6.07) is 15.4. The monoisotopic (exact) mass is 480 g/mol. The maximum absolute atomic E-state index is 12.9. The second kappa shape index (κ2) is 13.9. The summed E-state index contributed by atoms with van der Waals surface area (Å²) < 4.78 is 10.3. The molecule has 0 radical (unpaired) electrons. The van der Waals surface area contributed by atoms with Gasteiger partial charge in [0.25, 0.3) is 11.8 Å². The summed E-state index contributed by atoms with van der Waals surface area (Å²) in [4.78, 5) is 37.4. The first-order valence-electron chi connectivity index (χ1n) is 10.9. The minimum atomic E-state index is -0.899. The summed E-state index contributed by atoms with van der Waals surface area (Å²) in [7, 11) is 0. The van der Waals surface area contributed by atoms with Gasteiger partial charge in [0.15, 0.2) is 0 Å². The van der Waals surface area contributed by atoms with Gasteiger partial charge in [0, 0.05) is 5.56 Å². The lowest BCUT2D eigenvalue weighted by Crippen LogP contribution is -2.34. The molecule has 0 heterocycles. The maximum Gasteiger partial charge on any atom is 0.362 e. The van der Waals surface area contributed by atoms with Crippen LogP contribution in [0.2, 0.25) is 0 Å². The summed E-state index contributed by atoms with van der Waals surface area (Å²) in [6.45, 7) is 5.60. The molecule has 2 rings (SSSR count). The summed E-state index contributed by atoms with van der Waals surface area (Å²) >= 11 is 0. The van der Waals surface area contributed by atoms with Crippen LogP contribution in [0.5, 0.6) is 5.75 Å².